The number of nitrogens with one attached hydrogen (secondary N) is 1. The molecule has 0 aliphatic heterocycles. The number of hydrogen-bond donors (Lipinski definition) is 1. The number of H-pyrrole nitrogens is 1. The summed E-state index contributed by atoms with van der Waals surface area (Å²) in [5.41, 5.74) is 2.28. The van der Waals surface area contributed by atoms with E-state index in [4.69, 9.17) is 12.2 Å². The maximum atomic E-state index is 12.8. The highest BCUT2D eigenvalue weighted by atomic mass is 32.1. The van der Waals surface area contributed by atoms with Gasteiger partial charge in [-0.05, 0) is 36.6 Å². The smallest absolute Gasteiger partial charge is 0.123 e. The third-order valence-electron chi connectivity index (χ3n) is 3.08. The molecule has 1 aromatic carbocycles. The van der Waals surface area contributed by atoms with Crippen molar-refractivity contribution in [1.82, 2.24) is 9.78 Å². The van der Waals surface area contributed by atoms with Crippen LogP contribution in [0.4, 0.5) is 4.39 Å². The number of rotatable bonds is 3. The topological polar surface area (TPSA) is 20.7 Å². The van der Waals surface area contributed by atoms with E-state index in [-0.39, 0.29) is 5.82 Å². The van der Waals surface area contributed by atoms with Crippen molar-refractivity contribution in [3.63, 3.8) is 0 Å². The van der Waals surface area contributed by atoms with Gasteiger partial charge in [-0.3, -0.25) is 4.68 Å². The van der Waals surface area contributed by atoms with Crippen LogP contribution >= 0.6 is 12.2 Å². The van der Waals surface area contributed by atoms with Crippen molar-refractivity contribution in [1.29, 1.82) is 0 Å². The first-order valence-corrected chi connectivity index (χ1v) is 6.17. The lowest BCUT2D eigenvalue weighted by Crippen LogP contribution is -2.02. The molecule has 0 spiro atoms. The van der Waals surface area contributed by atoms with E-state index < -0.39 is 0 Å². The van der Waals surface area contributed by atoms with Crippen molar-refractivity contribution in [2.24, 2.45) is 0 Å². The van der Waals surface area contributed by atoms with Gasteiger partial charge in [-0.2, -0.15) is 0 Å². The summed E-state index contributed by atoms with van der Waals surface area (Å²) in [6, 6.07) is 8.56. The molecule has 1 N–H and O–H groups in total. The van der Waals surface area contributed by atoms with E-state index in [2.05, 4.69) is 5.10 Å². The summed E-state index contributed by atoms with van der Waals surface area (Å²) >= 11 is 5.30. The first kappa shape index (κ1) is 10.7. The maximum absolute atomic E-state index is 12.8. The lowest BCUT2D eigenvalue weighted by atomic mass is 10.2. The summed E-state index contributed by atoms with van der Waals surface area (Å²) in [5.74, 6) is 0.466. The molecule has 2 nitrogen and oxygen atoms in total. The monoisotopic (exact) mass is 248 g/mol. The van der Waals surface area contributed by atoms with E-state index in [9.17, 15) is 4.39 Å². The molecule has 1 saturated carbocycles. The third kappa shape index (κ3) is 2.31. The second kappa shape index (κ2) is 4.11. The Labute approximate surface area is 104 Å². The molecule has 1 heterocycles. The number of benzene rings is 1. The lowest BCUT2D eigenvalue weighted by Gasteiger charge is -2.03. The Hall–Kier alpha value is -1.42. The van der Waals surface area contributed by atoms with Gasteiger partial charge in [0.05, 0.1) is 6.54 Å². The average molecular weight is 248 g/mol. The third-order valence-corrected chi connectivity index (χ3v) is 3.42. The van der Waals surface area contributed by atoms with Crippen molar-refractivity contribution < 1.29 is 4.39 Å². The van der Waals surface area contributed by atoms with Crippen molar-refractivity contribution in [2.45, 2.75) is 25.3 Å². The molecule has 17 heavy (non-hydrogen) atoms. The van der Waals surface area contributed by atoms with Crippen LogP contribution < -0.4 is 0 Å². The van der Waals surface area contributed by atoms with Crippen LogP contribution in [-0.4, -0.2) is 9.78 Å². The van der Waals surface area contributed by atoms with Gasteiger partial charge in [0.2, 0.25) is 0 Å². The van der Waals surface area contributed by atoms with Crippen molar-refractivity contribution in [3.05, 3.63) is 52.0 Å². The van der Waals surface area contributed by atoms with Crippen LogP contribution in [0.3, 0.4) is 0 Å². The molecule has 1 aromatic heterocycles. The van der Waals surface area contributed by atoms with Crippen LogP contribution in [0.1, 0.15) is 30.0 Å². The molecular weight excluding hydrogens is 235 g/mol. The van der Waals surface area contributed by atoms with Gasteiger partial charge in [0.25, 0.3) is 0 Å². The SMILES string of the molecule is Fc1ccc(Cn2[nH]c(C3CC3)cc2=S)cc1. The molecule has 3 rings (SSSR count). The zero-order chi connectivity index (χ0) is 11.8. The van der Waals surface area contributed by atoms with E-state index >= 15 is 0 Å². The van der Waals surface area contributed by atoms with Crippen molar-refractivity contribution >= 4 is 12.2 Å². The molecular formula is C13H13FN2S. The van der Waals surface area contributed by atoms with Gasteiger partial charge < -0.3 is 5.10 Å². The standard InChI is InChI=1S/C13H13FN2S/c14-11-5-1-9(2-6-11)8-16-13(17)7-12(15-16)10-3-4-10/h1-2,5-7,10,15H,3-4,8H2. The fourth-order valence-electron chi connectivity index (χ4n) is 1.95. The van der Waals surface area contributed by atoms with Gasteiger partial charge in [0.15, 0.2) is 0 Å². The van der Waals surface area contributed by atoms with Crippen molar-refractivity contribution in [2.75, 3.05) is 0 Å². The minimum Gasteiger partial charge on any atom is -0.301 e. The Morgan fingerprint density at radius 2 is 2.00 bits per heavy atom. The van der Waals surface area contributed by atoms with E-state index in [0.717, 1.165) is 10.2 Å². The van der Waals surface area contributed by atoms with Crippen LogP contribution in [0.2, 0.25) is 0 Å². The van der Waals surface area contributed by atoms with Crippen LogP contribution in [0.15, 0.2) is 30.3 Å². The first-order valence-electron chi connectivity index (χ1n) is 5.76. The number of halogens is 1. The van der Waals surface area contributed by atoms with Gasteiger partial charge in [0.1, 0.15) is 10.5 Å². The predicted molar refractivity (Wildman–Crippen MR) is 67.1 cm³/mol. The van der Waals surface area contributed by atoms with Gasteiger partial charge in [0, 0.05) is 11.6 Å². The Kier molecular flexibility index (Phi) is 2.59. The van der Waals surface area contributed by atoms with Gasteiger partial charge >= 0.3 is 0 Å². The van der Waals surface area contributed by atoms with Gasteiger partial charge in [-0.1, -0.05) is 24.4 Å². The number of aromatic amines is 1. The summed E-state index contributed by atoms with van der Waals surface area (Å²) in [6.45, 7) is 0.672. The van der Waals surface area contributed by atoms with Crippen molar-refractivity contribution in [3.8, 4) is 0 Å². The Morgan fingerprint density at radius 3 is 2.65 bits per heavy atom. The molecule has 4 heteroatoms. The fraction of sp³-hybridized carbons (Fsp3) is 0.308. The van der Waals surface area contributed by atoms with Crippen LogP contribution in [0.25, 0.3) is 0 Å². The minimum absolute atomic E-state index is 0.206. The molecule has 0 atom stereocenters. The lowest BCUT2D eigenvalue weighted by molar-refractivity contribution is 0.623. The summed E-state index contributed by atoms with van der Waals surface area (Å²) < 4.78 is 15.5. The molecule has 0 amide bonds. The van der Waals surface area contributed by atoms with Crippen LogP contribution in [0.5, 0.6) is 0 Å². The van der Waals surface area contributed by atoms with Gasteiger partial charge in [-0.25, -0.2) is 4.39 Å². The van der Waals surface area contributed by atoms with E-state index in [1.54, 1.807) is 12.1 Å². The highest BCUT2D eigenvalue weighted by Crippen LogP contribution is 2.39. The average Bonchev–Trinajstić information content (AvgIpc) is 3.09. The summed E-state index contributed by atoms with van der Waals surface area (Å²) in [6.07, 6.45) is 2.51. The molecule has 2 aromatic rings. The van der Waals surface area contributed by atoms with E-state index in [1.165, 1.54) is 30.7 Å². The first-order chi connectivity index (χ1) is 8.22. The predicted octanol–water partition coefficient (Wildman–Crippen LogP) is 3.61. The number of aromatic nitrogens is 2. The molecule has 0 bridgehead atoms. The zero-order valence-electron chi connectivity index (χ0n) is 9.32. The molecule has 1 fully saturated rings. The van der Waals surface area contributed by atoms with Gasteiger partial charge in [-0.15, -0.1) is 0 Å². The Balaban J connectivity index is 1.84. The molecule has 1 aliphatic carbocycles. The second-order valence-electron chi connectivity index (χ2n) is 4.54. The zero-order valence-corrected chi connectivity index (χ0v) is 10.1. The largest absolute Gasteiger partial charge is 0.301 e. The quantitative estimate of drug-likeness (QED) is 0.823. The normalized spacial score (nSPS) is 15.1. The molecule has 0 unspecified atom stereocenters. The van der Waals surface area contributed by atoms with E-state index in [0.29, 0.717) is 12.5 Å². The molecule has 0 saturated heterocycles. The fourth-order valence-corrected chi connectivity index (χ4v) is 2.18. The summed E-state index contributed by atoms with van der Waals surface area (Å²) in [4.78, 5) is 0. The van der Waals surface area contributed by atoms with Crippen LogP contribution in [0, 0.1) is 10.5 Å². The van der Waals surface area contributed by atoms with Crippen LogP contribution in [-0.2, 0) is 6.54 Å². The highest BCUT2D eigenvalue weighted by Gasteiger charge is 2.25. The molecule has 1 aliphatic rings. The summed E-state index contributed by atoms with van der Waals surface area (Å²) in [5, 5.41) is 3.33. The number of nitrogens with zero attached hydrogens (tertiary/aromatic N) is 1. The Bertz CT molecular complexity index is 578. The summed E-state index contributed by atoms with van der Waals surface area (Å²) in [7, 11) is 0. The maximum Gasteiger partial charge on any atom is 0.123 e. The number of hydrogen-bond acceptors (Lipinski definition) is 1. The Morgan fingerprint density at radius 1 is 1.29 bits per heavy atom. The minimum atomic E-state index is -0.206. The molecule has 0 radical (unpaired) electrons. The second-order valence-corrected chi connectivity index (χ2v) is 4.95. The molecule has 88 valence electrons. The highest BCUT2D eigenvalue weighted by molar-refractivity contribution is 7.71. The van der Waals surface area contributed by atoms with E-state index in [1.807, 2.05) is 10.7 Å².